The van der Waals surface area contributed by atoms with E-state index in [4.69, 9.17) is 4.74 Å². The van der Waals surface area contributed by atoms with E-state index in [1.54, 1.807) is 0 Å². The highest BCUT2D eigenvalue weighted by atomic mass is 28.3. The lowest BCUT2D eigenvalue weighted by Crippen LogP contribution is -2.74. The third kappa shape index (κ3) is 7.94. The van der Waals surface area contributed by atoms with Crippen LogP contribution in [0.5, 0.6) is 11.5 Å². The number of aromatic nitrogens is 2. The van der Waals surface area contributed by atoms with Gasteiger partial charge in [-0.2, -0.15) is 0 Å². The number of hydrogen-bond donors (Lipinski definition) is 0. The van der Waals surface area contributed by atoms with Crippen molar-refractivity contribution >= 4 is 113 Å². The van der Waals surface area contributed by atoms with Crippen LogP contribution in [0.15, 0.2) is 249 Å². The van der Waals surface area contributed by atoms with Crippen LogP contribution in [0.3, 0.4) is 0 Å². The van der Waals surface area contributed by atoms with Gasteiger partial charge in [-0.05, 0) is 125 Å². The Morgan fingerprint density at radius 2 is 0.774 bits per heavy atom. The molecule has 0 atom stereocenters. The van der Waals surface area contributed by atoms with E-state index in [0.717, 1.165) is 56.3 Å². The predicted molar refractivity (Wildman–Crippen MR) is 361 cm³/mol. The number of nitrogens with zero attached hydrogens (tertiary/aromatic N) is 3. The second kappa shape index (κ2) is 19.0. The van der Waals surface area contributed by atoms with E-state index >= 15 is 0 Å². The van der Waals surface area contributed by atoms with Crippen LogP contribution in [0.1, 0.15) is 79.0 Å². The Kier molecular flexibility index (Phi) is 11.7. The Labute approximate surface area is 495 Å². The number of anilines is 3. The van der Waals surface area contributed by atoms with Gasteiger partial charge in [0, 0.05) is 50.4 Å². The number of ether oxygens (including phenoxy) is 1. The van der Waals surface area contributed by atoms with Crippen LogP contribution in [0, 0.1) is 0 Å². The molecule has 0 bridgehead atoms. The van der Waals surface area contributed by atoms with Crippen LogP contribution >= 0.6 is 0 Å². The maximum atomic E-state index is 7.44. The molecule has 0 saturated carbocycles. The van der Waals surface area contributed by atoms with Gasteiger partial charge in [-0.1, -0.05) is 250 Å². The molecule has 2 aromatic heterocycles. The summed E-state index contributed by atoms with van der Waals surface area (Å²) in [6, 6.07) is 94.3. The lowest BCUT2D eigenvalue weighted by molar-refractivity contribution is 0.486. The summed E-state index contributed by atoms with van der Waals surface area (Å²) >= 11 is 0. The van der Waals surface area contributed by atoms with Crippen LogP contribution in [-0.2, 0) is 16.2 Å². The van der Waals surface area contributed by atoms with E-state index in [1.807, 2.05) is 0 Å². The number of fused-ring (bicyclic) bond motifs is 11. The maximum absolute atomic E-state index is 7.44. The summed E-state index contributed by atoms with van der Waals surface area (Å²) in [4.78, 5) is 2.53. The van der Waals surface area contributed by atoms with Gasteiger partial charge in [0.2, 0.25) is 0 Å². The SMILES string of the molecule is CC(C)(C)c1ccc(N2c3ccc(C(C)(C)C)cc3B3c4cc(C(C)(C)C)ccc4Oc4cc(-n5c6ccccc6c6ccc7c8ccccc8n(-c8ccc([Si](c9ccccc9)(c9ccccc9)c9ccccc9)cc8)c7c65)cc2c43)cc1. The Bertz CT molecular complexity index is 4640. The fourth-order valence-corrected chi connectivity index (χ4v) is 18.9. The molecule has 408 valence electrons. The third-order valence-electron chi connectivity index (χ3n) is 18.4. The summed E-state index contributed by atoms with van der Waals surface area (Å²) in [5.74, 6) is 1.79. The van der Waals surface area contributed by atoms with E-state index in [9.17, 15) is 0 Å². The molecule has 0 spiro atoms. The lowest BCUT2D eigenvalue weighted by Gasteiger charge is -2.41. The standard InChI is InChI=1S/C78H68BN3OSi/c1-76(2,3)51-33-37-54(38-34-51)80-69-45-35-52(77(4,5)6)47-65(69)79-66-48-53(78(7,8)9)36-46-71(66)83-72-50-56(49-70(80)73(72)79)82-68-32-22-20-30-62(68)64-44-43-63-61-29-19-21-31-67(61)81(74(63)75(64)82)55-39-41-60(42-40-55)84(57-23-13-10-14-24-57,58-25-15-11-16-26-58)59-27-17-12-18-28-59/h10-50H,1-9H3. The zero-order valence-electron chi connectivity index (χ0n) is 49.5. The van der Waals surface area contributed by atoms with Gasteiger partial charge in [0.15, 0.2) is 8.07 Å². The smallest absolute Gasteiger partial charge is 0.256 e. The van der Waals surface area contributed by atoms with Crippen molar-refractivity contribution in [1.29, 1.82) is 0 Å². The van der Waals surface area contributed by atoms with Gasteiger partial charge >= 0.3 is 0 Å². The molecule has 4 heterocycles. The van der Waals surface area contributed by atoms with Crippen LogP contribution in [0.25, 0.3) is 55.0 Å². The van der Waals surface area contributed by atoms with Crippen molar-refractivity contribution in [3.8, 4) is 22.9 Å². The van der Waals surface area contributed by atoms with E-state index in [1.165, 1.54) is 81.1 Å². The van der Waals surface area contributed by atoms with Gasteiger partial charge in [-0.15, -0.1) is 0 Å². The molecule has 15 rings (SSSR count). The molecule has 4 nitrogen and oxygen atoms in total. The first-order chi connectivity index (χ1) is 40.6. The molecule has 0 aliphatic carbocycles. The van der Waals surface area contributed by atoms with Gasteiger partial charge in [-0.25, -0.2) is 0 Å². The lowest BCUT2D eigenvalue weighted by atomic mass is 9.33. The summed E-state index contributed by atoms with van der Waals surface area (Å²) in [7, 11) is -2.79. The topological polar surface area (TPSA) is 22.3 Å². The molecule has 0 unspecified atom stereocenters. The van der Waals surface area contributed by atoms with E-state index < -0.39 is 8.07 Å². The number of hydrogen-bond acceptors (Lipinski definition) is 2. The van der Waals surface area contributed by atoms with Gasteiger partial charge in [-0.3, -0.25) is 0 Å². The van der Waals surface area contributed by atoms with E-state index in [-0.39, 0.29) is 23.0 Å². The number of para-hydroxylation sites is 2. The largest absolute Gasteiger partial charge is 0.458 e. The van der Waals surface area contributed by atoms with Gasteiger partial charge in [0.1, 0.15) is 11.5 Å². The molecular formula is C78H68BN3OSi. The molecule has 11 aromatic carbocycles. The number of benzene rings is 11. The number of rotatable bonds is 7. The Morgan fingerprint density at radius 3 is 1.30 bits per heavy atom. The van der Waals surface area contributed by atoms with E-state index in [2.05, 4.69) is 325 Å². The minimum atomic E-state index is -2.79. The van der Waals surface area contributed by atoms with Crippen molar-refractivity contribution in [2.45, 2.75) is 78.6 Å². The minimum absolute atomic E-state index is 0.00237. The fraction of sp³-hybridized carbons (Fsp3) is 0.154. The highest BCUT2D eigenvalue weighted by Gasteiger charge is 2.45. The second-order valence-electron chi connectivity index (χ2n) is 26.5. The summed E-state index contributed by atoms with van der Waals surface area (Å²) in [5, 5.41) is 10.2. The molecule has 2 aliphatic rings. The summed E-state index contributed by atoms with van der Waals surface area (Å²) in [5.41, 5.74) is 17.7. The molecule has 0 saturated heterocycles. The molecule has 0 radical (unpaired) electrons. The summed E-state index contributed by atoms with van der Waals surface area (Å²) < 4.78 is 12.5. The van der Waals surface area contributed by atoms with Crippen molar-refractivity contribution in [2.75, 3.05) is 4.90 Å². The molecule has 0 amide bonds. The van der Waals surface area contributed by atoms with Crippen molar-refractivity contribution in [2.24, 2.45) is 0 Å². The molecule has 0 fully saturated rings. The highest BCUT2D eigenvalue weighted by molar-refractivity contribution is 7.19. The highest BCUT2D eigenvalue weighted by Crippen LogP contribution is 2.47. The predicted octanol–water partition coefficient (Wildman–Crippen LogP) is 15.6. The first-order valence-electron chi connectivity index (χ1n) is 29.9. The molecule has 2 aliphatic heterocycles. The molecule has 13 aromatic rings. The monoisotopic (exact) mass is 1100 g/mol. The van der Waals surface area contributed by atoms with Gasteiger partial charge < -0.3 is 18.8 Å². The van der Waals surface area contributed by atoms with Crippen LogP contribution in [-0.4, -0.2) is 23.9 Å². The second-order valence-corrected chi connectivity index (χ2v) is 30.3. The minimum Gasteiger partial charge on any atom is -0.458 e. The Hall–Kier alpha value is -9.10. The normalized spacial score (nSPS) is 13.3. The maximum Gasteiger partial charge on any atom is 0.256 e. The first kappa shape index (κ1) is 51.8. The zero-order valence-corrected chi connectivity index (χ0v) is 50.5. The first-order valence-corrected chi connectivity index (χ1v) is 31.9. The molecule has 84 heavy (non-hydrogen) atoms. The van der Waals surface area contributed by atoms with Crippen molar-refractivity contribution in [3.05, 3.63) is 265 Å². The molecular weight excluding hydrogens is 1030 g/mol. The molecule has 6 heteroatoms. The Balaban J connectivity index is 1.01. The van der Waals surface area contributed by atoms with Crippen LogP contribution < -0.4 is 46.8 Å². The third-order valence-corrected chi connectivity index (χ3v) is 23.2. The summed E-state index contributed by atoms with van der Waals surface area (Å²) in [6.07, 6.45) is 0. The molecule has 0 N–H and O–H groups in total. The fourth-order valence-electron chi connectivity index (χ4n) is 14.2. The average Bonchev–Trinajstić information content (AvgIpc) is 1.64. The average molecular weight is 1100 g/mol. The van der Waals surface area contributed by atoms with Crippen molar-refractivity contribution in [1.82, 2.24) is 9.13 Å². The summed E-state index contributed by atoms with van der Waals surface area (Å²) in [6.45, 7) is 20.7. The van der Waals surface area contributed by atoms with Gasteiger partial charge in [0.05, 0.1) is 27.8 Å². The van der Waals surface area contributed by atoms with Crippen LogP contribution in [0.2, 0.25) is 0 Å². The van der Waals surface area contributed by atoms with Crippen molar-refractivity contribution in [3.63, 3.8) is 0 Å². The quantitative estimate of drug-likeness (QED) is 0.117. The zero-order chi connectivity index (χ0) is 57.4. The van der Waals surface area contributed by atoms with Gasteiger partial charge in [0.25, 0.3) is 6.71 Å². The van der Waals surface area contributed by atoms with Crippen molar-refractivity contribution < 1.29 is 4.74 Å². The Morgan fingerprint density at radius 1 is 0.333 bits per heavy atom. The van der Waals surface area contributed by atoms with Crippen LogP contribution in [0.4, 0.5) is 17.1 Å². The van der Waals surface area contributed by atoms with E-state index in [0.29, 0.717) is 0 Å².